The van der Waals surface area contributed by atoms with E-state index in [1.165, 1.54) is 0 Å². The van der Waals surface area contributed by atoms with Crippen LogP contribution in [0, 0.1) is 3.70 Å². The van der Waals surface area contributed by atoms with Gasteiger partial charge in [0, 0.05) is 11.8 Å². The highest BCUT2D eigenvalue weighted by molar-refractivity contribution is 14.1. The first kappa shape index (κ1) is 12.0. The fraction of sp³-hybridized carbons (Fsp3) is 0.0769. The molecule has 86 valence electrons. The molecule has 1 aromatic carbocycles. The van der Waals surface area contributed by atoms with Crippen LogP contribution in [-0.2, 0) is 0 Å². The standard InChI is InChI=1S/C13H10INO2/c1-17-12-4-2-9(6-11(12)8-16)10-3-5-13(14)15-7-10/h2-8H,1H3. The summed E-state index contributed by atoms with van der Waals surface area (Å²) in [6.07, 6.45) is 2.58. The van der Waals surface area contributed by atoms with Gasteiger partial charge in [0.25, 0.3) is 0 Å². The van der Waals surface area contributed by atoms with Gasteiger partial charge in [0.15, 0.2) is 6.29 Å². The van der Waals surface area contributed by atoms with Gasteiger partial charge >= 0.3 is 0 Å². The monoisotopic (exact) mass is 339 g/mol. The minimum Gasteiger partial charge on any atom is -0.496 e. The topological polar surface area (TPSA) is 39.2 Å². The van der Waals surface area contributed by atoms with Crippen LogP contribution in [0.4, 0.5) is 0 Å². The van der Waals surface area contributed by atoms with Gasteiger partial charge < -0.3 is 4.74 Å². The van der Waals surface area contributed by atoms with Crippen molar-refractivity contribution in [2.24, 2.45) is 0 Å². The van der Waals surface area contributed by atoms with Gasteiger partial charge in [-0.25, -0.2) is 4.98 Å². The van der Waals surface area contributed by atoms with E-state index in [1.54, 1.807) is 25.4 Å². The first-order valence-electron chi connectivity index (χ1n) is 4.99. The van der Waals surface area contributed by atoms with Crippen molar-refractivity contribution in [2.75, 3.05) is 7.11 Å². The second kappa shape index (κ2) is 5.27. The van der Waals surface area contributed by atoms with E-state index < -0.39 is 0 Å². The van der Waals surface area contributed by atoms with E-state index in [0.717, 1.165) is 21.1 Å². The third kappa shape index (κ3) is 2.63. The van der Waals surface area contributed by atoms with E-state index in [1.807, 2.05) is 18.2 Å². The lowest BCUT2D eigenvalue weighted by molar-refractivity contribution is 0.112. The van der Waals surface area contributed by atoms with Crippen LogP contribution in [0.2, 0.25) is 0 Å². The molecule has 0 radical (unpaired) electrons. The number of carbonyl (C=O) groups is 1. The number of carbonyl (C=O) groups excluding carboxylic acids is 1. The van der Waals surface area contributed by atoms with E-state index in [4.69, 9.17) is 4.74 Å². The van der Waals surface area contributed by atoms with E-state index in [9.17, 15) is 4.79 Å². The second-order valence-corrected chi connectivity index (χ2v) is 4.55. The molecule has 1 aromatic heterocycles. The molecule has 2 aromatic rings. The van der Waals surface area contributed by atoms with Crippen LogP contribution < -0.4 is 4.74 Å². The zero-order chi connectivity index (χ0) is 12.3. The number of methoxy groups -OCH3 is 1. The van der Waals surface area contributed by atoms with Gasteiger partial charge in [0.1, 0.15) is 9.45 Å². The molecule has 0 saturated carbocycles. The number of aldehydes is 1. The third-order valence-corrected chi connectivity index (χ3v) is 3.06. The van der Waals surface area contributed by atoms with Gasteiger partial charge in [-0.05, 0) is 46.4 Å². The maximum Gasteiger partial charge on any atom is 0.153 e. The quantitative estimate of drug-likeness (QED) is 0.490. The predicted molar refractivity (Wildman–Crippen MR) is 74.3 cm³/mol. The summed E-state index contributed by atoms with van der Waals surface area (Å²) in [4.78, 5) is 15.1. The van der Waals surface area contributed by atoms with Crippen LogP contribution in [0.3, 0.4) is 0 Å². The summed E-state index contributed by atoms with van der Waals surface area (Å²) in [6, 6.07) is 9.41. The number of rotatable bonds is 3. The number of halogens is 1. The van der Waals surface area contributed by atoms with Crippen LogP contribution in [0.1, 0.15) is 10.4 Å². The molecule has 0 N–H and O–H groups in total. The van der Waals surface area contributed by atoms with Crippen molar-refractivity contribution in [1.82, 2.24) is 4.98 Å². The number of hydrogen-bond donors (Lipinski definition) is 0. The Morgan fingerprint density at radius 1 is 1.24 bits per heavy atom. The first-order chi connectivity index (χ1) is 8.24. The zero-order valence-electron chi connectivity index (χ0n) is 9.18. The van der Waals surface area contributed by atoms with Crippen molar-refractivity contribution in [1.29, 1.82) is 0 Å². The lowest BCUT2D eigenvalue weighted by Crippen LogP contribution is -1.91. The predicted octanol–water partition coefficient (Wildman–Crippen LogP) is 3.17. The van der Waals surface area contributed by atoms with E-state index in [2.05, 4.69) is 27.6 Å². The summed E-state index contributed by atoms with van der Waals surface area (Å²) >= 11 is 2.15. The van der Waals surface area contributed by atoms with E-state index in [0.29, 0.717) is 11.3 Å². The minimum atomic E-state index is 0.545. The highest BCUT2D eigenvalue weighted by Gasteiger charge is 2.05. The smallest absolute Gasteiger partial charge is 0.153 e. The number of nitrogens with zero attached hydrogens (tertiary/aromatic N) is 1. The third-order valence-electron chi connectivity index (χ3n) is 2.42. The number of ether oxygens (including phenoxy) is 1. The average Bonchev–Trinajstić information content (AvgIpc) is 2.39. The van der Waals surface area contributed by atoms with Gasteiger partial charge in [-0.1, -0.05) is 12.1 Å². The Morgan fingerprint density at radius 3 is 2.59 bits per heavy atom. The zero-order valence-corrected chi connectivity index (χ0v) is 11.3. The molecule has 0 aliphatic rings. The fourth-order valence-corrected chi connectivity index (χ4v) is 1.87. The Balaban J connectivity index is 2.46. The van der Waals surface area contributed by atoms with Gasteiger partial charge in [0.2, 0.25) is 0 Å². The summed E-state index contributed by atoms with van der Waals surface area (Å²) < 4.78 is 6.04. The Labute approximate surface area is 113 Å². The Hall–Kier alpha value is -1.43. The molecule has 0 spiro atoms. The Kier molecular flexibility index (Phi) is 3.73. The SMILES string of the molecule is COc1ccc(-c2ccc(I)nc2)cc1C=O. The molecule has 0 atom stereocenters. The Bertz CT molecular complexity index is 538. The molecule has 4 heteroatoms. The number of hydrogen-bond acceptors (Lipinski definition) is 3. The largest absolute Gasteiger partial charge is 0.496 e. The van der Waals surface area contributed by atoms with Gasteiger partial charge in [-0.2, -0.15) is 0 Å². The number of pyridine rings is 1. The average molecular weight is 339 g/mol. The molecule has 0 aliphatic heterocycles. The van der Waals surface area contributed by atoms with Crippen molar-refractivity contribution in [3.63, 3.8) is 0 Å². The van der Waals surface area contributed by atoms with Crippen molar-refractivity contribution in [3.8, 4) is 16.9 Å². The summed E-state index contributed by atoms with van der Waals surface area (Å²) in [5, 5.41) is 0. The Morgan fingerprint density at radius 2 is 2.00 bits per heavy atom. The van der Waals surface area contributed by atoms with Crippen molar-refractivity contribution < 1.29 is 9.53 Å². The lowest BCUT2D eigenvalue weighted by Gasteiger charge is -2.06. The van der Waals surface area contributed by atoms with Crippen LogP contribution in [-0.4, -0.2) is 18.4 Å². The van der Waals surface area contributed by atoms with E-state index >= 15 is 0 Å². The highest BCUT2D eigenvalue weighted by Crippen LogP contribution is 2.25. The molecule has 0 saturated heterocycles. The molecule has 2 rings (SSSR count). The van der Waals surface area contributed by atoms with E-state index in [-0.39, 0.29) is 0 Å². The number of aromatic nitrogens is 1. The maximum atomic E-state index is 10.9. The van der Waals surface area contributed by atoms with Crippen LogP contribution in [0.15, 0.2) is 36.5 Å². The summed E-state index contributed by atoms with van der Waals surface area (Å²) in [5.74, 6) is 0.585. The lowest BCUT2D eigenvalue weighted by atomic mass is 10.0. The van der Waals surface area contributed by atoms with Gasteiger partial charge in [-0.3, -0.25) is 4.79 Å². The summed E-state index contributed by atoms with van der Waals surface area (Å²) in [5.41, 5.74) is 2.48. The summed E-state index contributed by atoms with van der Waals surface area (Å²) in [6.45, 7) is 0. The molecule has 0 fully saturated rings. The normalized spacial score (nSPS) is 10.0. The molecule has 1 heterocycles. The molecule has 3 nitrogen and oxygen atoms in total. The fourth-order valence-electron chi connectivity index (χ4n) is 1.55. The molecular weight excluding hydrogens is 329 g/mol. The minimum absolute atomic E-state index is 0.545. The molecule has 0 aliphatic carbocycles. The molecule has 17 heavy (non-hydrogen) atoms. The van der Waals surface area contributed by atoms with Crippen LogP contribution in [0.5, 0.6) is 5.75 Å². The van der Waals surface area contributed by atoms with Crippen molar-refractivity contribution in [3.05, 3.63) is 45.8 Å². The maximum absolute atomic E-state index is 10.9. The molecule has 0 unspecified atom stereocenters. The van der Waals surface area contributed by atoms with Crippen molar-refractivity contribution >= 4 is 28.9 Å². The highest BCUT2D eigenvalue weighted by atomic mass is 127. The second-order valence-electron chi connectivity index (χ2n) is 3.44. The van der Waals surface area contributed by atoms with Crippen molar-refractivity contribution in [2.45, 2.75) is 0 Å². The molecular formula is C13H10INO2. The first-order valence-corrected chi connectivity index (χ1v) is 6.07. The van der Waals surface area contributed by atoms with Gasteiger partial charge in [-0.15, -0.1) is 0 Å². The number of benzene rings is 1. The molecule has 0 bridgehead atoms. The van der Waals surface area contributed by atoms with Crippen LogP contribution in [0.25, 0.3) is 11.1 Å². The molecule has 0 amide bonds. The van der Waals surface area contributed by atoms with Crippen LogP contribution >= 0.6 is 22.6 Å². The van der Waals surface area contributed by atoms with Gasteiger partial charge in [0.05, 0.1) is 12.7 Å². The summed E-state index contributed by atoms with van der Waals surface area (Å²) in [7, 11) is 1.55.